The molecule has 0 N–H and O–H groups in total. The van der Waals surface area contributed by atoms with Gasteiger partial charge in [0.05, 0.1) is 5.56 Å². The molecule has 1 aliphatic rings. The van der Waals surface area contributed by atoms with Gasteiger partial charge in [0.25, 0.3) is 6.23 Å². The number of hydrogen-bond acceptors (Lipinski definition) is 1. The first-order chi connectivity index (χ1) is 9.56. The van der Waals surface area contributed by atoms with Crippen LogP contribution in [-0.4, -0.2) is 17.0 Å². The first-order valence-electron chi connectivity index (χ1n) is 7.03. The highest BCUT2D eigenvalue weighted by molar-refractivity contribution is 5.81. The SMILES string of the molecule is Cc1cc(C)c([N+]2=Cc3ccccc3OC2C)c(C)c1. The quantitative estimate of drug-likeness (QED) is 0.707. The van der Waals surface area contributed by atoms with Crippen LogP contribution in [0.3, 0.4) is 0 Å². The molecule has 20 heavy (non-hydrogen) atoms. The van der Waals surface area contributed by atoms with Crippen LogP contribution < -0.4 is 4.74 Å². The third-order valence-corrected chi connectivity index (χ3v) is 3.78. The maximum absolute atomic E-state index is 6.03. The second-order valence-electron chi connectivity index (χ2n) is 5.54. The van der Waals surface area contributed by atoms with Gasteiger partial charge in [0.2, 0.25) is 5.69 Å². The molecule has 2 heteroatoms. The fraction of sp³-hybridized carbons (Fsp3) is 0.278. The van der Waals surface area contributed by atoms with Gasteiger partial charge in [-0.3, -0.25) is 0 Å². The highest BCUT2D eigenvalue weighted by Gasteiger charge is 2.28. The van der Waals surface area contributed by atoms with Gasteiger partial charge in [0.1, 0.15) is 5.75 Å². The Bertz CT molecular complexity index is 677. The molecule has 0 saturated carbocycles. The molecule has 0 radical (unpaired) electrons. The van der Waals surface area contributed by atoms with E-state index < -0.39 is 0 Å². The normalized spacial score (nSPS) is 17.2. The Morgan fingerprint density at radius 1 is 1.00 bits per heavy atom. The van der Waals surface area contributed by atoms with Crippen LogP contribution >= 0.6 is 0 Å². The summed E-state index contributed by atoms with van der Waals surface area (Å²) in [6.45, 7) is 8.55. The van der Waals surface area contributed by atoms with Crippen molar-refractivity contribution in [2.45, 2.75) is 33.9 Å². The monoisotopic (exact) mass is 266 g/mol. The molecular formula is C18H20NO+. The lowest BCUT2D eigenvalue weighted by Gasteiger charge is -2.21. The molecular weight excluding hydrogens is 246 g/mol. The minimum absolute atomic E-state index is 0.00464. The summed E-state index contributed by atoms with van der Waals surface area (Å²) >= 11 is 0. The Balaban J connectivity index is 2.18. The highest BCUT2D eigenvalue weighted by atomic mass is 16.5. The van der Waals surface area contributed by atoms with Crippen LogP contribution in [0.5, 0.6) is 5.75 Å². The van der Waals surface area contributed by atoms with E-state index in [9.17, 15) is 0 Å². The van der Waals surface area contributed by atoms with E-state index in [1.165, 1.54) is 22.4 Å². The fourth-order valence-corrected chi connectivity index (χ4v) is 3.02. The van der Waals surface area contributed by atoms with Gasteiger partial charge < -0.3 is 4.74 Å². The number of rotatable bonds is 1. The second-order valence-corrected chi connectivity index (χ2v) is 5.54. The molecule has 1 unspecified atom stereocenters. The van der Waals surface area contributed by atoms with E-state index in [-0.39, 0.29) is 6.23 Å². The summed E-state index contributed by atoms with van der Waals surface area (Å²) < 4.78 is 8.26. The predicted octanol–water partition coefficient (Wildman–Crippen LogP) is 4.11. The third kappa shape index (κ3) is 2.11. The molecule has 0 saturated heterocycles. The molecule has 1 aliphatic heterocycles. The number of benzene rings is 2. The van der Waals surface area contributed by atoms with E-state index in [0.717, 1.165) is 11.3 Å². The van der Waals surface area contributed by atoms with Crippen molar-refractivity contribution >= 4 is 11.9 Å². The van der Waals surface area contributed by atoms with Crippen molar-refractivity contribution in [1.82, 2.24) is 0 Å². The fourth-order valence-electron chi connectivity index (χ4n) is 3.02. The van der Waals surface area contributed by atoms with Gasteiger partial charge in [-0.25, -0.2) is 0 Å². The maximum Gasteiger partial charge on any atom is 0.299 e. The van der Waals surface area contributed by atoms with E-state index in [4.69, 9.17) is 4.74 Å². The van der Waals surface area contributed by atoms with Crippen LogP contribution in [0.15, 0.2) is 36.4 Å². The van der Waals surface area contributed by atoms with E-state index in [0.29, 0.717) is 0 Å². The van der Waals surface area contributed by atoms with Crippen LogP contribution in [0.2, 0.25) is 0 Å². The first-order valence-corrected chi connectivity index (χ1v) is 7.03. The van der Waals surface area contributed by atoms with Crippen LogP contribution in [0.4, 0.5) is 5.69 Å². The Hall–Kier alpha value is -2.09. The van der Waals surface area contributed by atoms with Crippen molar-refractivity contribution < 1.29 is 9.31 Å². The standard InChI is InChI=1S/C18H20NO/c1-12-9-13(2)18(14(3)10-12)19-11-16-7-5-6-8-17(16)20-15(19)4/h5-11,15H,1-4H3/q+1. The lowest BCUT2D eigenvalue weighted by molar-refractivity contribution is -0.523. The summed E-state index contributed by atoms with van der Waals surface area (Å²) in [5.41, 5.74) is 6.25. The van der Waals surface area contributed by atoms with Gasteiger partial charge in [0, 0.05) is 18.1 Å². The van der Waals surface area contributed by atoms with Crippen molar-refractivity contribution in [3.8, 4) is 5.75 Å². The molecule has 0 fully saturated rings. The third-order valence-electron chi connectivity index (χ3n) is 3.78. The zero-order chi connectivity index (χ0) is 14.3. The molecule has 0 bridgehead atoms. The average Bonchev–Trinajstić information content (AvgIpc) is 2.38. The largest absolute Gasteiger partial charge is 0.433 e. The maximum atomic E-state index is 6.03. The van der Waals surface area contributed by atoms with E-state index >= 15 is 0 Å². The molecule has 0 spiro atoms. The van der Waals surface area contributed by atoms with Gasteiger partial charge in [0.15, 0.2) is 6.21 Å². The van der Waals surface area contributed by atoms with Gasteiger partial charge in [-0.2, -0.15) is 4.58 Å². The van der Waals surface area contributed by atoms with Gasteiger partial charge in [-0.15, -0.1) is 0 Å². The Kier molecular flexibility index (Phi) is 3.09. The summed E-state index contributed by atoms with van der Waals surface area (Å²) in [6, 6.07) is 12.6. The van der Waals surface area contributed by atoms with E-state index in [2.05, 4.69) is 56.7 Å². The highest BCUT2D eigenvalue weighted by Crippen LogP contribution is 2.30. The van der Waals surface area contributed by atoms with Crippen molar-refractivity contribution in [2.24, 2.45) is 0 Å². The van der Waals surface area contributed by atoms with Crippen molar-refractivity contribution in [1.29, 1.82) is 0 Å². The van der Waals surface area contributed by atoms with Crippen molar-refractivity contribution in [2.75, 3.05) is 0 Å². The number of para-hydroxylation sites is 1. The van der Waals surface area contributed by atoms with Crippen LogP contribution in [0, 0.1) is 20.8 Å². The van der Waals surface area contributed by atoms with E-state index in [1.54, 1.807) is 0 Å². The lowest BCUT2D eigenvalue weighted by Crippen LogP contribution is -2.31. The molecule has 1 atom stereocenters. The summed E-state index contributed by atoms with van der Waals surface area (Å²) in [5.74, 6) is 0.957. The second kappa shape index (κ2) is 4.78. The summed E-state index contributed by atoms with van der Waals surface area (Å²) in [7, 11) is 0. The van der Waals surface area contributed by atoms with Gasteiger partial charge in [-0.05, 0) is 45.0 Å². The Morgan fingerprint density at radius 3 is 2.35 bits per heavy atom. The van der Waals surface area contributed by atoms with Gasteiger partial charge in [-0.1, -0.05) is 17.7 Å². The summed E-state index contributed by atoms with van der Waals surface area (Å²) in [5, 5.41) is 0. The minimum Gasteiger partial charge on any atom is -0.433 e. The Labute approximate surface area is 120 Å². The molecule has 0 amide bonds. The average molecular weight is 266 g/mol. The number of hydrogen-bond donors (Lipinski definition) is 0. The van der Waals surface area contributed by atoms with Crippen LogP contribution in [-0.2, 0) is 0 Å². The lowest BCUT2D eigenvalue weighted by atomic mass is 10.0. The smallest absolute Gasteiger partial charge is 0.299 e. The molecule has 1 heterocycles. The first kappa shape index (κ1) is 12.9. The number of nitrogens with zero attached hydrogens (tertiary/aromatic N) is 1. The molecule has 0 aromatic heterocycles. The van der Waals surface area contributed by atoms with Gasteiger partial charge >= 0.3 is 0 Å². The number of ether oxygens (including phenoxy) is 1. The Morgan fingerprint density at radius 2 is 1.65 bits per heavy atom. The zero-order valence-corrected chi connectivity index (χ0v) is 12.5. The van der Waals surface area contributed by atoms with Crippen molar-refractivity contribution in [3.05, 3.63) is 58.7 Å². The topological polar surface area (TPSA) is 12.2 Å². The zero-order valence-electron chi connectivity index (χ0n) is 12.5. The molecule has 3 rings (SSSR count). The molecule has 2 nitrogen and oxygen atoms in total. The van der Waals surface area contributed by atoms with Crippen molar-refractivity contribution in [3.63, 3.8) is 0 Å². The summed E-state index contributed by atoms with van der Waals surface area (Å²) in [6.07, 6.45) is 2.19. The van der Waals surface area contributed by atoms with Crippen LogP contribution in [0.25, 0.3) is 0 Å². The molecule has 2 aromatic carbocycles. The molecule has 2 aromatic rings. The predicted molar refractivity (Wildman–Crippen MR) is 82.3 cm³/mol. The molecule has 102 valence electrons. The minimum atomic E-state index is 0.00464. The van der Waals surface area contributed by atoms with E-state index in [1.807, 2.05) is 18.2 Å². The molecule has 0 aliphatic carbocycles. The van der Waals surface area contributed by atoms with Crippen LogP contribution in [0.1, 0.15) is 29.2 Å². The summed E-state index contributed by atoms with van der Waals surface area (Å²) in [4.78, 5) is 0. The number of aryl methyl sites for hydroxylation is 3. The number of fused-ring (bicyclic) bond motifs is 1.